The molecule has 26 heavy (non-hydrogen) atoms. The predicted molar refractivity (Wildman–Crippen MR) is 99.2 cm³/mol. The molecule has 0 aliphatic carbocycles. The lowest BCUT2D eigenvalue weighted by Crippen LogP contribution is -2.15. The minimum atomic E-state index is -3.50. The minimum Gasteiger partial charge on any atom is -0.360 e. The molecule has 1 heterocycles. The number of nitrogens with one attached hydrogen (secondary N) is 1. The first-order valence-electron chi connectivity index (χ1n) is 7.60. The van der Waals surface area contributed by atoms with E-state index in [1.807, 2.05) is 0 Å². The van der Waals surface area contributed by atoms with Crippen LogP contribution >= 0.6 is 11.6 Å². The van der Waals surface area contributed by atoms with Crippen LogP contribution in [0.1, 0.15) is 16.1 Å². The third kappa shape index (κ3) is 3.49. The molecule has 6 nitrogen and oxygen atoms in total. The Morgan fingerprint density at radius 1 is 1.12 bits per heavy atom. The van der Waals surface area contributed by atoms with E-state index in [1.54, 1.807) is 43.3 Å². The largest absolute Gasteiger partial charge is 0.360 e. The maximum Gasteiger partial charge on any atom is 0.261 e. The Morgan fingerprint density at radius 2 is 1.77 bits per heavy atom. The number of aryl methyl sites for hydroxylation is 1. The van der Waals surface area contributed by atoms with Gasteiger partial charge in [-0.2, -0.15) is 0 Å². The molecule has 3 aromatic rings. The fraction of sp³-hybridized carbons (Fsp3) is 0.111. The number of aromatic nitrogens is 1. The number of benzene rings is 2. The fourth-order valence-corrected chi connectivity index (χ4v) is 3.62. The first-order chi connectivity index (χ1) is 12.3. The van der Waals surface area contributed by atoms with E-state index in [-0.39, 0.29) is 16.1 Å². The molecular weight excluding hydrogens is 376 g/mol. The molecule has 0 spiro atoms. The van der Waals surface area contributed by atoms with Crippen molar-refractivity contribution < 1.29 is 17.7 Å². The number of para-hydroxylation sites is 1. The number of anilines is 1. The molecule has 0 saturated heterocycles. The standard InChI is InChI=1S/C18H15ClN2O4S/c1-11-16(17(21-25-11)12-7-3-4-8-13(12)19)18(22)20-14-9-5-6-10-15(14)26(2,23)24/h3-10H,1-2H3,(H,20,22). The van der Waals surface area contributed by atoms with Crippen LogP contribution in [0.5, 0.6) is 0 Å². The first kappa shape index (κ1) is 18.2. The summed E-state index contributed by atoms with van der Waals surface area (Å²) in [5, 5.41) is 6.99. The van der Waals surface area contributed by atoms with Crippen molar-refractivity contribution in [1.29, 1.82) is 0 Å². The predicted octanol–water partition coefficient (Wildman–Crippen LogP) is 3.96. The highest BCUT2D eigenvalue weighted by atomic mass is 35.5. The van der Waals surface area contributed by atoms with Crippen molar-refractivity contribution in [3.05, 3.63) is 64.9 Å². The Morgan fingerprint density at radius 3 is 2.46 bits per heavy atom. The van der Waals surface area contributed by atoms with Crippen LogP contribution in [0.2, 0.25) is 5.02 Å². The molecule has 0 unspecified atom stereocenters. The summed E-state index contributed by atoms with van der Waals surface area (Å²) in [5.41, 5.74) is 1.22. The van der Waals surface area contributed by atoms with Crippen LogP contribution in [0.4, 0.5) is 5.69 Å². The van der Waals surface area contributed by atoms with Crippen molar-refractivity contribution in [3.8, 4) is 11.3 Å². The fourth-order valence-electron chi connectivity index (χ4n) is 2.55. The summed E-state index contributed by atoms with van der Waals surface area (Å²) >= 11 is 6.20. The summed E-state index contributed by atoms with van der Waals surface area (Å²) in [5.74, 6) is -0.232. The molecule has 134 valence electrons. The molecule has 0 aliphatic heterocycles. The highest BCUT2D eigenvalue weighted by molar-refractivity contribution is 7.90. The first-order valence-corrected chi connectivity index (χ1v) is 9.87. The second-order valence-corrected chi connectivity index (χ2v) is 8.06. The lowest BCUT2D eigenvalue weighted by molar-refractivity contribution is 0.102. The number of hydrogen-bond donors (Lipinski definition) is 1. The zero-order valence-electron chi connectivity index (χ0n) is 14.0. The van der Waals surface area contributed by atoms with Gasteiger partial charge in [0.25, 0.3) is 5.91 Å². The lowest BCUT2D eigenvalue weighted by atomic mass is 10.1. The summed E-state index contributed by atoms with van der Waals surface area (Å²) in [6.45, 7) is 1.60. The molecule has 2 aromatic carbocycles. The number of carbonyl (C=O) groups excluding carboxylic acids is 1. The summed E-state index contributed by atoms with van der Waals surface area (Å²) in [6, 6.07) is 13.1. The Bertz CT molecular complexity index is 1090. The van der Waals surface area contributed by atoms with Crippen molar-refractivity contribution in [1.82, 2.24) is 5.16 Å². The zero-order chi connectivity index (χ0) is 18.9. The molecule has 0 radical (unpaired) electrons. The highest BCUT2D eigenvalue weighted by Gasteiger charge is 2.24. The normalized spacial score (nSPS) is 11.3. The van der Waals surface area contributed by atoms with Crippen molar-refractivity contribution >= 4 is 33.0 Å². The molecule has 0 atom stereocenters. The Balaban J connectivity index is 2.04. The maximum atomic E-state index is 12.8. The van der Waals surface area contributed by atoms with Crippen molar-refractivity contribution in [2.24, 2.45) is 0 Å². The van der Waals surface area contributed by atoms with Crippen LogP contribution in [-0.4, -0.2) is 25.7 Å². The summed E-state index contributed by atoms with van der Waals surface area (Å²) < 4.78 is 29.0. The topological polar surface area (TPSA) is 89.3 Å². The van der Waals surface area contributed by atoms with Crippen LogP contribution in [0.3, 0.4) is 0 Å². The van der Waals surface area contributed by atoms with E-state index in [4.69, 9.17) is 16.1 Å². The molecule has 0 fully saturated rings. The van der Waals surface area contributed by atoms with Crippen LogP contribution in [0.15, 0.2) is 57.9 Å². The van der Waals surface area contributed by atoms with Crippen LogP contribution < -0.4 is 5.32 Å². The molecule has 8 heteroatoms. The smallest absolute Gasteiger partial charge is 0.261 e. The molecule has 1 aromatic heterocycles. The number of sulfone groups is 1. The number of halogens is 1. The average molecular weight is 391 g/mol. The van der Waals surface area contributed by atoms with Crippen molar-refractivity contribution in [3.63, 3.8) is 0 Å². The van der Waals surface area contributed by atoms with Crippen molar-refractivity contribution in [2.75, 3.05) is 11.6 Å². The Kier molecular flexibility index (Phi) is 4.84. The molecule has 1 N–H and O–H groups in total. The van der Waals surface area contributed by atoms with Gasteiger partial charge in [0.1, 0.15) is 17.0 Å². The van der Waals surface area contributed by atoms with Gasteiger partial charge < -0.3 is 9.84 Å². The summed E-state index contributed by atoms with van der Waals surface area (Å²) in [7, 11) is -3.50. The molecule has 0 saturated carbocycles. The van der Waals surface area contributed by atoms with Gasteiger partial charge in [-0.15, -0.1) is 0 Å². The van der Waals surface area contributed by atoms with Gasteiger partial charge in [-0.05, 0) is 25.1 Å². The molecular formula is C18H15ClN2O4S. The zero-order valence-corrected chi connectivity index (χ0v) is 15.6. The van der Waals surface area contributed by atoms with Crippen molar-refractivity contribution in [2.45, 2.75) is 11.8 Å². The second-order valence-electron chi connectivity index (χ2n) is 5.66. The van der Waals surface area contributed by atoms with Crippen LogP contribution in [0.25, 0.3) is 11.3 Å². The molecule has 0 bridgehead atoms. The number of carbonyl (C=O) groups is 1. The summed E-state index contributed by atoms with van der Waals surface area (Å²) in [4.78, 5) is 12.9. The molecule has 3 rings (SSSR count). The van der Waals surface area contributed by atoms with E-state index in [0.717, 1.165) is 6.26 Å². The monoisotopic (exact) mass is 390 g/mol. The van der Waals surface area contributed by atoms with Gasteiger partial charge in [-0.25, -0.2) is 8.42 Å². The Hall–Kier alpha value is -2.64. The third-order valence-corrected chi connectivity index (χ3v) is 5.24. The van der Waals surface area contributed by atoms with Gasteiger partial charge in [0, 0.05) is 11.8 Å². The number of hydrogen-bond acceptors (Lipinski definition) is 5. The van der Waals surface area contributed by atoms with Crippen LogP contribution in [-0.2, 0) is 9.84 Å². The van der Waals surface area contributed by atoms with Gasteiger partial charge in [-0.1, -0.05) is 47.1 Å². The van der Waals surface area contributed by atoms with E-state index in [9.17, 15) is 13.2 Å². The number of rotatable bonds is 4. The summed E-state index contributed by atoms with van der Waals surface area (Å²) in [6.07, 6.45) is 1.08. The third-order valence-electron chi connectivity index (χ3n) is 3.75. The van der Waals surface area contributed by atoms with E-state index in [2.05, 4.69) is 10.5 Å². The Labute approximate surface area is 155 Å². The van der Waals surface area contributed by atoms with E-state index < -0.39 is 15.7 Å². The van der Waals surface area contributed by atoms with Gasteiger partial charge in [0.2, 0.25) is 0 Å². The molecule has 1 amide bonds. The quantitative estimate of drug-likeness (QED) is 0.728. The SMILES string of the molecule is Cc1onc(-c2ccccc2Cl)c1C(=O)Nc1ccccc1S(C)(=O)=O. The van der Waals surface area contributed by atoms with Gasteiger partial charge >= 0.3 is 0 Å². The van der Waals surface area contributed by atoms with E-state index >= 15 is 0 Å². The minimum absolute atomic E-state index is 0.0294. The lowest BCUT2D eigenvalue weighted by Gasteiger charge is -2.10. The van der Waals surface area contributed by atoms with Gasteiger partial charge in [-0.3, -0.25) is 4.79 Å². The molecule has 0 aliphatic rings. The van der Waals surface area contributed by atoms with E-state index in [1.165, 1.54) is 12.1 Å². The number of nitrogens with zero attached hydrogens (tertiary/aromatic N) is 1. The second kappa shape index (κ2) is 6.93. The van der Waals surface area contributed by atoms with E-state index in [0.29, 0.717) is 22.0 Å². The van der Waals surface area contributed by atoms with Crippen LogP contribution in [0, 0.1) is 6.92 Å². The number of amides is 1. The van der Waals surface area contributed by atoms with Gasteiger partial charge in [0.05, 0.1) is 15.6 Å². The highest BCUT2D eigenvalue weighted by Crippen LogP contribution is 2.32. The average Bonchev–Trinajstić information content (AvgIpc) is 2.96. The maximum absolute atomic E-state index is 12.8. The van der Waals surface area contributed by atoms with Gasteiger partial charge in [0.15, 0.2) is 9.84 Å².